The van der Waals surface area contributed by atoms with E-state index in [1.807, 2.05) is 4.90 Å². The van der Waals surface area contributed by atoms with Gasteiger partial charge in [0.2, 0.25) is 0 Å². The Kier molecular flexibility index (Phi) is 9.28. The van der Waals surface area contributed by atoms with Gasteiger partial charge in [0.1, 0.15) is 6.61 Å². The number of benzene rings is 2. The molecule has 0 bridgehead atoms. The Morgan fingerprint density at radius 2 is 1.71 bits per heavy atom. The summed E-state index contributed by atoms with van der Waals surface area (Å²) in [5.74, 6) is -0.268. The summed E-state index contributed by atoms with van der Waals surface area (Å²) >= 11 is 1.17. The van der Waals surface area contributed by atoms with Crippen molar-refractivity contribution in [1.82, 2.24) is 9.80 Å². The van der Waals surface area contributed by atoms with Gasteiger partial charge in [0.25, 0.3) is 5.91 Å². The van der Waals surface area contributed by atoms with Gasteiger partial charge >= 0.3 is 18.4 Å². The van der Waals surface area contributed by atoms with Gasteiger partial charge in [-0.1, -0.05) is 12.1 Å². The number of piperazine rings is 1. The minimum Gasteiger partial charge on any atom is -0.493 e. The predicted octanol–water partition coefficient (Wildman–Crippen LogP) is 6.06. The van der Waals surface area contributed by atoms with Crippen LogP contribution in [0.5, 0.6) is 11.5 Å². The molecule has 0 unspecified atom stereocenters. The van der Waals surface area contributed by atoms with Crippen LogP contribution in [0.25, 0.3) is 6.08 Å². The summed E-state index contributed by atoms with van der Waals surface area (Å²) in [5.41, 5.74) is -2.83. The average molecular weight is 618 g/mol. The Hall–Kier alpha value is -3.88. The van der Waals surface area contributed by atoms with Crippen LogP contribution in [0.2, 0.25) is 0 Å². The normalized spacial score (nSPS) is 17.0. The fourth-order valence-electron chi connectivity index (χ4n) is 4.17. The molecule has 1 saturated heterocycles. The molecule has 15 heteroatoms. The number of rotatable bonds is 6. The number of carbonyl (C=O) groups excluding carboxylic acids is 2. The van der Waals surface area contributed by atoms with Gasteiger partial charge in [-0.15, -0.1) is 0 Å². The Bertz CT molecular complexity index is 1400. The number of hydrogen-bond donors (Lipinski definition) is 0. The van der Waals surface area contributed by atoms with Crippen molar-refractivity contribution < 1.29 is 50.1 Å². The number of aliphatic imine (C=N–C) groups is 1. The van der Waals surface area contributed by atoms with Gasteiger partial charge in [0.15, 0.2) is 16.7 Å². The smallest absolute Gasteiger partial charge is 0.416 e. The first-order valence-electron chi connectivity index (χ1n) is 12.6. The molecular formula is C27H25F6N3O5S. The number of alkyl halides is 6. The van der Waals surface area contributed by atoms with E-state index in [0.29, 0.717) is 47.9 Å². The number of methoxy groups -OCH3 is 1. The van der Waals surface area contributed by atoms with Crippen molar-refractivity contribution in [3.8, 4) is 11.5 Å². The maximum Gasteiger partial charge on any atom is 0.416 e. The highest BCUT2D eigenvalue weighted by Crippen LogP contribution is 2.39. The van der Waals surface area contributed by atoms with Crippen molar-refractivity contribution in [2.75, 3.05) is 39.9 Å². The lowest BCUT2D eigenvalue weighted by Gasteiger charge is -2.34. The molecule has 0 N–H and O–H groups in total. The summed E-state index contributed by atoms with van der Waals surface area (Å²) in [4.78, 5) is 32.4. The number of thioether (sulfide) groups is 1. The third-order valence-electron chi connectivity index (χ3n) is 6.30. The van der Waals surface area contributed by atoms with E-state index in [1.54, 1.807) is 24.0 Å². The molecule has 2 amide bonds. The first-order valence-corrected chi connectivity index (χ1v) is 13.4. The van der Waals surface area contributed by atoms with Gasteiger partial charge in [0, 0.05) is 31.7 Å². The molecule has 2 heterocycles. The van der Waals surface area contributed by atoms with Crippen molar-refractivity contribution in [3.05, 3.63) is 63.6 Å². The number of ether oxygens (including phenoxy) is 3. The van der Waals surface area contributed by atoms with E-state index in [9.17, 15) is 35.9 Å². The summed E-state index contributed by atoms with van der Waals surface area (Å²) in [6.45, 7) is 3.12. The molecule has 2 aliphatic heterocycles. The molecule has 2 aliphatic rings. The lowest BCUT2D eigenvalue weighted by molar-refractivity contribution is -0.143. The number of carbonyl (C=O) groups is 2. The number of nitrogens with zero attached hydrogens (tertiary/aromatic N) is 3. The lowest BCUT2D eigenvalue weighted by atomic mass is 10.0. The van der Waals surface area contributed by atoms with Crippen LogP contribution in [-0.4, -0.2) is 66.9 Å². The molecule has 2 aromatic carbocycles. The van der Waals surface area contributed by atoms with E-state index in [1.165, 1.54) is 31.0 Å². The van der Waals surface area contributed by atoms with Crippen LogP contribution in [0.4, 0.5) is 31.1 Å². The zero-order chi connectivity index (χ0) is 30.7. The Labute approximate surface area is 240 Å². The molecule has 8 nitrogen and oxygen atoms in total. The van der Waals surface area contributed by atoms with Crippen LogP contribution in [0.3, 0.4) is 0 Å². The Balaban J connectivity index is 1.43. The molecule has 0 radical (unpaired) electrons. The Morgan fingerprint density at radius 3 is 2.33 bits per heavy atom. The Morgan fingerprint density at radius 1 is 1.00 bits per heavy atom. The second-order valence-corrected chi connectivity index (χ2v) is 10.1. The van der Waals surface area contributed by atoms with Crippen LogP contribution in [0, 0.1) is 0 Å². The number of hydrogen-bond acceptors (Lipinski definition) is 7. The van der Waals surface area contributed by atoms with Gasteiger partial charge in [-0.3, -0.25) is 4.79 Å². The second-order valence-electron chi connectivity index (χ2n) is 9.05. The molecule has 4 rings (SSSR count). The maximum atomic E-state index is 13.5. The van der Waals surface area contributed by atoms with Crippen molar-refractivity contribution in [2.24, 2.45) is 4.99 Å². The molecule has 0 saturated carbocycles. The molecule has 42 heavy (non-hydrogen) atoms. The van der Waals surface area contributed by atoms with Crippen LogP contribution in [-0.2, 0) is 28.5 Å². The SMILES string of the molecule is CCOC(=O)N1CCN(C2=NC(=O)/C(=C\c3ccc(OCc4ccc(C(F)(F)F)cc4C(F)(F)F)c(OC)c3)S2)CC1. The molecule has 0 aromatic heterocycles. The fourth-order valence-corrected chi connectivity index (χ4v) is 5.14. The second kappa shape index (κ2) is 12.5. The van der Waals surface area contributed by atoms with E-state index in [2.05, 4.69) is 4.99 Å². The largest absolute Gasteiger partial charge is 0.493 e. The van der Waals surface area contributed by atoms with E-state index >= 15 is 0 Å². The van der Waals surface area contributed by atoms with Crippen LogP contribution in [0.15, 0.2) is 46.3 Å². The third-order valence-corrected chi connectivity index (χ3v) is 7.34. The van der Waals surface area contributed by atoms with E-state index in [4.69, 9.17) is 14.2 Å². The molecule has 1 fully saturated rings. The highest BCUT2D eigenvalue weighted by molar-refractivity contribution is 8.18. The molecule has 2 aromatic rings. The topological polar surface area (TPSA) is 80.7 Å². The summed E-state index contributed by atoms with van der Waals surface area (Å²) < 4.78 is 95.1. The molecule has 0 aliphatic carbocycles. The number of halogens is 6. The monoisotopic (exact) mass is 617 g/mol. The van der Waals surface area contributed by atoms with Crippen LogP contribution < -0.4 is 9.47 Å². The molecule has 0 atom stereocenters. The number of amides is 2. The van der Waals surface area contributed by atoms with Gasteiger partial charge in [-0.25, -0.2) is 4.79 Å². The zero-order valence-corrected chi connectivity index (χ0v) is 23.2. The standard InChI is InChI=1S/C27H25F6N3O5S/c1-3-40-25(38)36-10-8-35(9-11-36)24-34-23(37)22(42-24)13-16-4-7-20(21(12-16)39-2)41-15-17-5-6-18(26(28,29)30)14-19(17)27(31,32)33/h4-7,12-14H,3,8-11,15H2,1-2H3/b22-13+. The summed E-state index contributed by atoms with van der Waals surface area (Å²) in [5, 5.41) is 0.499. The number of amidine groups is 1. The van der Waals surface area contributed by atoms with Gasteiger partial charge in [-0.05, 0) is 54.6 Å². The van der Waals surface area contributed by atoms with Gasteiger partial charge in [0.05, 0.1) is 29.7 Å². The van der Waals surface area contributed by atoms with Crippen molar-refractivity contribution in [3.63, 3.8) is 0 Å². The van der Waals surface area contributed by atoms with Gasteiger partial charge < -0.3 is 24.0 Å². The van der Waals surface area contributed by atoms with Crippen molar-refractivity contribution in [1.29, 1.82) is 0 Å². The van der Waals surface area contributed by atoms with Crippen LogP contribution in [0.1, 0.15) is 29.2 Å². The minimum atomic E-state index is -5.03. The predicted molar refractivity (Wildman–Crippen MR) is 142 cm³/mol. The maximum absolute atomic E-state index is 13.5. The first-order chi connectivity index (χ1) is 19.8. The third kappa shape index (κ3) is 7.30. The fraction of sp³-hybridized carbons (Fsp3) is 0.370. The summed E-state index contributed by atoms with van der Waals surface area (Å²) in [6.07, 6.45) is -8.78. The first kappa shape index (κ1) is 31.1. The summed E-state index contributed by atoms with van der Waals surface area (Å²) in [7, 11) is 1.31. The lowest BCUT2D eigenvalue weighted by Crippen LogP contribution is -2.50. The quantitative estimate of drug-likeness (QED) is 0.288. The summed E-state index contributed by atoms with van der Waals surface area (Å²) in [6, 6.07) is 5.82. The molecule has 0 spiro atoms. The average Bonchev–Trinajstić information content (AvgIpc) is 3.31. The van der Waals surface area contributed by atoms with Crippen LogP contribution >= 0.6 is 11.8 Å². The molecule has 226 valence electrons. The van der Waals surface area contributed by atoms with Crippen molar-refractivity contribution in [2.45, 2.75) is 25.9 Å². The minimum absolute atomic E-state index is 0.0504. The van der Waals surface area contributed by atoms with E-state index < -0.39 is 47.7 Å². The van der Waals surface area contributed by atoms with E-state index in [-0.39, 0.29) is 24.2 Å². The van der Waals surface area contributed by atoms with Crippen molar-refractivity contribution >= 4 is 35.0 Å². The highest BCUT2D eigenvalue weighted by atomic mass is 32.2. The highest BCUT2D eigenvalue weighted by Gasteiger charge is 2.38. The zero-order valence-electron chi connectivity index (χ0n) is 22.3. The van der Waals surface area contributed by atoms with E-state index in [0.717, 1.165) is 6.07 Å². The van der Waals surface area contributed by atoms with Gasteiger partial charge in [-0.2, -0.15) is 31.3 Å². The molecular weight excluding hydrogens is 592 g/mol.